The Balaban J connectivity index is 1.73. The van der Waals surface area contributed by atoms with Gasteiger partial charge in [0.25, 0.3) is 5.56 Å². The number of H-pyrrole nitrogens is 1. The van der Waals surface area contributed by atoms with Crippen LogP contribution in [0.25, 0.3) is 11.2 Å². The number of aliphatic hydroxyl groups is 1. The van der Waals surface area contributed by atoms with Gasteiger partial charge in [0, 0.05) is 6.42 Å². The van der Waals surface area contributed by atoms with Gasteiger partial charge in [0.15, 0.2) is 22.1 Å². The van der Waals surface area contributed by atoms with Crippen LogP contribution in [-0.2, 0) is 23.1 Å². The van der Waals surface area contributed by atoms with Crippen molar-refractivity contribution in [3.8, 4) is 0 Å². The predicted molar refractivity (Wildman–Crippen MR) is 100.0 cm³/mol. The van der Waals surface area contributed by atoms with Crippen molar-refractivity contribution >= 4 is 46.8 Å². The Hall–Kier alpha value is -1.67. The van der Waals surface area contributed by atoms with Crippen molar-refractivity contribution in [3.05, 3.63) is 15.1 Å². The Morgan fingerprint density at radius 1 is 1.48 bits per heavy atom. The van der Waals surface area contributed by atoms with Crippen LogP contribution in [0.2, 0.25) is 0 Å². The third-order valence-corrected chi connectivity index (χ3v) is 6.01. The monoisotopic (exact) mass is 493 g/mol. The van der Waals surface area contributed by atoms with Gasteiger partial charge in [0.05, 0.1) is 6.61 Å². The molecular weight excluding hydrogens is 477 g/mol. The number of hydrogen-bond donors (Lipinski definition) is 4. The lowest BCUT2D eigenvalue weighted by Gasteiger charge is -2.27. The molecule has 158 valence electrons. The average molecular weight is 494 g/mol. The largest absolute Gasteiger partial charge is 0.472 e. The van der Waals surface area contributed by atoms with Crippen molar-refractivity contribution in [2.24, 2.45) is 0 Å². The van der Waals surface area contributed by atoms with Gasteiger partial charge in [-0.25, -0.2) is 9.55 Å². The number of aromatic amines is 1. The van der Waals surface area contributed by atoms with E-state index < -0.39 is 37.9 Å². The maximum atomic E-state index is 12.4. The zero-order chi connectivity index (χ0) is 20.9. The SMILES string of the molecule is CCCC(=O)Nc1nc2c(nc(Br)n2[C@@H]2O[C@@H]3COP(=O)(O)O[C@H]3[C@H]2O)c(=O)[nH]1. The summed E-state index contributed by atoms with van der Waals surface area (Å²) in [6.45, 7) is 1.57. The second kappa shape index (κ2) is 7.54. The number of anilines is 1. The van der Waals surface area contributed by atoms with Gasteiger partial charge >= 0.3 is 7.82 Å². The van der Waals surface area contributed by atoms with E-state index >= 15 is 0 Å². The minimum absolute atomic E-state index is 0.0308. The fraction of sp³-hybridized carbons (Fsp3) is 0.571. The van der Waals surface area contributed by atoms with Crippen LogP contribution in [0, 0.1) is 0 Å². The van der Waals surface area contributed by atoms with E-state index in [1.165, 1.54) is 4.57 Å². The Morgan fingerprint density at radius 3 is 2.97 bits per heavy atom. The van der Waals surface area contributed by atoms with Crippen LogP contribution in [0.15, 0.2) is 9.53 Å². The molecule has 0 radical (unpaired) electrons. The van der Waals surface area contributed by atoms with Crippen LogP contribution in [0.5, 0.6) is 0 Å². The zero-order valence-corrected chi connectivity index (χ0v) is 17.4. The summed E-state index contributed by atoms with van der Waals surface area (Å²) in [5.41, 5.74) is -0.630. The number of rotatable bonds is 4. The van der Waals surface area contributed by atoms with E-state index in [2.05, 4.69) is 36.2 Å². The maximum absolute atomic E-state index is 12.4. The van der Waals surface area contributed by atoms with Gasteiger partial charge in [-0.05, 0) is 22.4 Å². The number of carbonyl (C=O) groups is 1. The van der Waals surface area contributed by atoms with Gasteiger partial charge < -0.3 is 14.7 Å². The third-order valence-electron chi connectivity index (χ3n) is 4.46. The van der Waals surface area contributed by atoms with Crippen molar-refractivity contribution < 1.29 is 33.1 Å². The van der Waals surface area contributed by atoms with Crippen LogP contribution in [-0.4, -0.2) is 60.3 Å². The number of nitrogens with zero attached hydrogens (tertiary/aromatic N) is 3. The van der Waals surface area contributed by atoms with E-state index in [9.17, 15) is 24.2 Å². The molecule has 15 heteroatoms. The highest BCUT2D eigenvalue weighted by molar-refractivity contribution is 9.10. The number of phosphoric ester groups is 1. The molecule has 0 aliphatic carbocycles. The molecule has 4 heterocycles. The Labute approximate surface area is 171 Å². The molecule has 1 unspecified atom stereocenters. The number of ether oxygens (including phenoxy) is 1. The lowest BCUT2D eigenvalue weighted by atomic mass is 10.1. The molecule has 4 rings (SSSR count). The minimum Gasteiger partial charge on any atom is -0.386 e. The molecule has 0 spiro atoms. The predicted octanol–water partition coefficient (Wildman–Crippen LogP) is 0.395. The number of fused-ring (bicyclic) bond motifs is 2. The number of imidazole rings is 1. The molecule has 2 aromatic heterocycles. The van der Waals surface area contributed by atoms with Crippen LogP contribution in [0.1, 0.15) is 26.0 Å². The summed E-state index contributed by atoms with van der Waals surface area (Å²) >= 11 is 3.21. The van der Waals surface area contributed by atoms with E-state index in [0.29, 0.717) is 6.42 Å². The molecular formula is C14H17BrN5O8P. The molecule has 13 nitrogen and oxygen atoms in total. The molecule has 0 bridgehead atoms. The van der Waals surface area contributed by atoms with Crippen LogP contribution in [0.4, 0.5) is 5.95 Å². The topological polar surface area (TPSA) is 178 Å². The zero-order valence-electron chi connectivity index (χ0n) is 14.9. The van der Waals surface area contributed by atoms with Crippen molar-refractivity contribution in [1.29, 1.82) is 0 Å². The van der Waals surface area contributed by atoms with Crippen molar-refractivity contribution in [1.82, 2.24) is 19.5 Å². The van der Waals surface area contributed by atoms with E-state index in [0.717, 1.165) is 0 Å². The molecule has 2 aliphatic rings. The first-order valence-electron chi connectivity index (χ1n) is 8.67. The molecule has 2 saturated heterocycles. The third kappa shape index (κ3) is 3.77. The number of hydrogen-bond acceptors (Lipinski definition) is 9. The minimum atomic E-state index is -4.29. The standard InChI is InChI=1S/C14H17BrN5O8P/c1-2-3-6(21)16-14-18-10-7(11(23)19-14)17-13(15)20(10)12-8(22)9-5(27-12)4-26-29(24,25)28-9/h5,8-9,12,22H,2-4H2,1H3,(H,24,25)(H2,16,18,19,21,23)/t5-,8-,9-,12-/m1/s1. The van der Waals surface area contributed by atoms with Gasteiger partial charge in [0.1, 0.15) is 18.3 Å². The lowest BCUT2D eigenvalue weighted by molar-refractivity contribution is -0.116. The van der Waals surface area contributed by atoms with Gasteiger partial charge in [0.2, 0.25) is 11.9 Å². The van der Waals surface area contributed by atoms with Crippen LogP contribution in [0.3, 0.4) is 0 Å². The van der Waals surface area contributed by atoms with Crippen LogP contribution < -0.4 is 10.9 Å². The second-order valence-corrected chi connectivity index (χ2v) is 8.64. The molecule has 2 aliphatic heterocycles. The second-order valence-electron chi connectivity index (χ2n) is 6.53. The average Bonchev–Trinajstić information content (AvgIpc) is 3.11. The molecule has 29 heavy (non-hydrogen) atoms. The lowest BCUT2D eigenvalue weighted by Crippen LogP contribution is -2.39. The van der Waals surface area contributed by atoms with Crippen molar-refractivity contribution in [2.45, 2.75) is 44.3 Å². The summed E-state index contributed by atoms with van der Waals surface area (Å²) in [6, 6.07) is 0. The van der Waals surface area contributed by atoms with Gasteiger partial charge in [-0.15, -0.1) is 0 Å². The highest BCUT2D eigenvalue weighted by Crippen LogP contribution is 2.52. The van der Waals surface area contributed by atoms with E-state index in [1.807, 2.05) is 6.92 Å². The molecule has 5 atom stereocenters. The summed E-state index contributed by atoms with van der Waals surface area (Å²) < 4.78 is 28.5. The van der Waals surface area contributed by atoms with E-state index in [4.69, 9.17) is 13.8 Å². The molecule has 2 aromatic rings. The smallest absolute Gasteiger partial charge is 0.386 e. The molecule has 0 aromatic carbocycles. The number of halogens is 1. The fourth-order valence-corrected chi connectivity index (χ4v) is 4.72. The summed E-state index contributed by atoms with van der Waals surface area (Å²) in [6.07, 6.45) is -3.60. The van der Waals surface area contributed by atoms with Crippen molar-refractivity contribution in [2.75, 3.05) is 11.9 Å². The summed E-state index contributed by atoms with van der Waals surface area (Å²) in [5.74, 6) is -0.411. The first-order chi connectivity index (χ1) is 13.7. The maximum Gasteiger partial charge on any atom is 0.472 e. The molecule has 0 saturated carbocycles. The summed E-state index contributed by atoms with van der Waals surface area (Å²) in [4.78, 5) is 44.5. The van der Waals surface area contributed by atoms with Crippen molar-refractivity contribution in [3.63, 3.8) is 0 Å². The highest BCUT2D eigenvalue weighted by Gasteiger charge is 2.53. The summed E-state index contributed by atoms with van der Waals surface area (Å²) in [7, 11) is -4.29. The van der Waals surface area contributed by atoms with Gasteiger partial charge in [-0.1, -0.05) is 6.92 Å². The Kier molecular flexibility index (Phi) is 5.36. The molecule has 1 amide bonds. The number of nitrogens with one attached hydrogen (secondary N) is 2. The number of carbonyl (C=O) groups excluding carboxylic acids is 1. The summed E-state index contributed by atoms with van der Waals surface area (Å²) in [5, 5.41) is 13.1. The van der Waals surface area contributed by atoms with Gasteiger partial charge in [-0.3, -0.25) is 33.5 Å². The van der Waals surface area contributed by atoms with E-state index in [-0.39, 0.29) is 40.8 Å². The highest BCUT2D eigenvalue weighted by atomic mass is 79.9. The molecule has 4 N–H and O–H groups in total. The number of aromatic nitrogens is 4. The Morgan fingerprint density at radius 2 is 2.24 bits per heavy atom. The normalized spacial score (nSPS) is 31.7. The number of phosphoric acid groups is 1. The quantitative estimate of drug-likeness (QED) is 0.344. The van der Waals surface area contributed by atoms with Gasteiger partial charge in [-0.2, -0.15) is 4.98 Å². The number of amides is 1. The number of aliphatic hydroxyl groups excluding tert-OH is 1. The fourth-order valence-electron chi connectivity index (χ4n) is 3.21. The first-order valence-corrected chi connectivity index (χ1v) is 11.0. The first kappa shape index (κ1) is 20.6. The van der Waals surface area contributed by atoms with E-state index in [1.54, 1.807) is 0 Å². The Bertz CT molecular complexity index is 1070. The molecule has 2 fully saturated rings. The van der Waals surface area contributed by atoms with Crippen LogP contribution >= 0.6 is 23.8 Å².